The minimum absolute atomic E-state index is 0.123. The highest BCUT2D eigenvalue weighted by molar-refractivity contribution is 7.80. The fourth-order valence-corrected chi connectivity index (χ4v) is 1.21. The van der Waals surface area contributed by atoms with Gasteiger partial charge in [0.25, 0.3) is 5.69 Å². The van der Waals surface area contributed by atoms with Gasteiger partial charge >= 0.3 is 6.36 Å². The van der Waals surface area contributed by atoms with Crippen molar-refractivity contribution in [1.82, 2.24) is 0 Å². The van der Waals surface area contributed by atoms with Crippen LogP contribution in [0.1, 0.15) is 0 Å². The maximum absolute atomic E-state index is 11.9. The number of hydrogen-bond acceptors (Lipinski definition) is 4. The molecule has 0 spiro atoms. The van der Waals surface area contributed by atoms with Crippen LogP contribution in [0.5, 0.6) is 5.75 Å². The molecule has 1 aromatic carbocycles. The Morgan fingerprint density at radius 3 is 2.56 bits per heavy atom. The van der Waals surface area contributed by atoms with Gasteiger partial charge in [-0.2, -0.15) is 0 Å². The Morgan fingerprint density at radius 1 is 1.50 bits per heavy atom. The van der Waals surface area contributed by atoms with Crippen LogP contribution in [0.25, 0.3) is 0 Å². The Hall–Kier alpha value is -2.10. The first-order chi connectivity index (χ1) is 8.19. The Labute approximate surface area is 104 Å². The Balaban J connectivity index is 3.11. The van der Waals surface area contributed by atoms with Gasteiger partial charge < -0.3 is 15.8 Å². The number of nitrogens with one attached hydrogen (secondary N) is 1. The van der Waals surface area contributed by atoms with Crippen molar-refractivity contribution in [3.05, 3.63) is 28.3 Å². The molecule has 1 aromatic rings. The minimum Gasteiger partial charge on any atom is -0.406 e. The molecule has 10 heteroatoms. The number of nitro groups is 1. The smallest absolute Gasteiger partial charge is 0.406 e. The molecule has 0 radical (unpaired) electrons. The summed E-state index contributed by atoms with van der Waals surface area (Å²) in [7, 11) is 0. The molecule has 0 amide bonds. The van der Waals surface area contributed by atoms with E-state index in [4.69, 9.17) is 5.73 Å². The van der Waals surface area contributed by atoms with Crippen LogP contribution in [-0.2, 0) is 0 Å². The van der Waals surface area contributed by atoms with E-state index < -0.39 is 22.7 Å². The van der Waals surface area contributed by atoms with Crippen molar-refractivity contribution < 1.29 is 22.8 Å². The van der Waals surface area contributed by atoms with E-state index in [0.29, 0.717) is 6.07 Å². The fourth-order valence-electron chi connectivity index (χ4n) is 1.10. The van der Waals surface area contributed by atoms with Gasteiger partial charge in [0.1, 0.15) is 11.4 Å². The molecule has 0 aliphatic carbocycles. The van der Waals surface area contributed by atoms with E-state index in [0.717, 1.165) is 12.1 Å². The lowest BCUT2D eigenvalue weighted by molar-refractivity contribution is -0.384. The van der Waals surface area contributed by atoms with Crippen molar-refractivity contribution >= 4 is 28.7 Å². The summed E-state index contributed by atoms with van der Waals surface area (Å²) in [4.78, 5) is 9.78. The summed E-state index contributed by atoms with van der Waals surface area (Å²) in [5, 5.41) is 12.7. The molecular formula is C8H6F3N3O3S. The van der Waals surface area contributed by atoms with E-state index in [-0.39, 0.29) is 10.8 Å². The van der Waals surface area contributed by atoms with Crippen molar-refractivity contribution in [2.45, 2.75) is 6.36 Å². The van der Waals surface area contributed by atoms with E-state index in [9.17, 15) is 23.3 Å². The van der Waals surface area contributed by atoms with Gasteiger partial charge in [0.05, 0.1) is 11.0 Å². The fraction of sp³-hybridized carbons (Fsp3) is 0.125. The third-order valence-electron chi connectivity index (χ3n) is 1.66. The number of anilines is 1. The predicted octanol–water partition coefficient (Wildman–Crippen LogP) is 2.15. The van der Waals surface area contributed by atoms with Gasteiger partial charge in [0.15, 0.2) is 5.11 Å². The number of hydrogen-bond donors (Lipinski definition) is 2. The van der Waals surface area contributed by atoms with Gasteiger partial charge in [0.2, 0.25) is 0 Å². The van der Waals surface area contributed by atoms with Crippen LogP contribution in [0.4, 0.5) is 24.5 Å². The first-order valence-corrected chi connectivity index (χ1v) is 4.70. The maximum Gasteiger partial charge on any atom is 0.573 e. The van der Waals surface area contributed by atoms with Crippen LogP contribution in [-0.4, -0.2) is 16.4 Å². The highest BCUT2D eigenvalue weighted by Gasteiger charge is 2.32. The number of halogens is 3. The quantitative estimate of drug-likeness (QED) is 0.501. The molecule has 0 saturated heterocycles. The number of benzene rings is 1. The van der Waals surface area contributed by atoms with Crippen molar-refractivity contribution in [3.8, 4) is 5.75 Å². The number of ether oxygens (including phenoxy) is 1. The van der Waals surface area contributed by atoms with Crippen LogP contribution in [0.2, 0.25) is 0 Å². The summed E-state index contributed by atoms with van der Waals surface area (Å²) >= 11 is 4.48. The maximum atomic E-state index is 11.9. The molecule has 1 rings (SSSR count). The van der Waals surface area contributed by atoms with Crippen LogP contribution in [0.3, 0.4) is 0 Å². The van der Waals surface area contributed by atoms with Crippen LogP contribution in [0.15, 0.2) is 18.2 Å². The molecular weight excluding hydrogens is 275 g/mol. The number of rotatable bonds is 3. The number of nitro benzene ring substituents is 1. The van der Waals surface area contributed by atoms with Crippen molar-refractivity contribution in [3.63, 3.8) is 0 Å². The van der Waals surface area contributed by atoms with Crippen molar-refractivity contribution in [1.29, 1.82) is 0 Å². The van der Waals surface area contributed by atoms with Crippen molar-refractivity contribution in [2.24, 2.45) is 5.73 Å². The summed E-state index contributed by atoms with van der Waals surface area (Å²) in [6.45, 7) is 0. The van der Waals surface area contributed by atoms with E-state index in [1.807, 2.05) is 0 Å². The summed E-state index contributed by atoms with van der Waals surface area (Å²) in [5.41, 5.74) is 4.36. The van der Waals surface area contributed by atoms with E-state index in [2.05, 4.69) is 22.3 Å². The number of nitrogens with zero attached hydrogens (tertiary/aromatic N) is 1. The van der Waals surface area contributed by atoms with Crippen LogP contribution < -0.4 is 15.8 Å². The number of nitrogens with two attached hydrogens (primary N) is 1. The number of alkyl halides is 3. The largest absolute Gasteiger partial charge is 0.573 e. The van der Waals surface area contributed by atoms with Gasteiger partial charge in [-0.05, 0) is 24.4 Å². The molecule has 0 atom stereocenters. The summed E-state index contributed by atoms with van der Waals surface area (Å²) < 4.78 is 39.4. The topological polar surface area (TPSA) is 90.4 Å². The van der Waals surface area contributed by atoms with Gasteiger partial charge in [0, 0.05) is 0 Å². The van der Waals surface area contributed by atoms with Gasteiger partial charge in [-0.25, -0.2) is 0 Å². The lowest BCUT2D eigenvalue weighted by Gasteiger charge is -2.10. The monoisotopic (exact) mass is 281 g/mol. The SMILES string of the molecule is NC(=S)Nc1ccc(OC(F)(F)F)cc1[N+](=O)[O-]. The summed E-state index contributed by atoms with van der Waals surface area (Å²) in [5.74, 6) is -0.706. The molecule has 0 aliphatic rings. The summed E-state index contributed by atoms with van der Waals surface area (Å²) in [6, 6.07) is 2.54. The lowest BCUT2D eigenvalue weighted by atomic mass is 10.2. The Kier molecular flexibility index (Phi) is 3.91. The van der Waals surface area contributed by atoms with Crippen molar-refractivity contribution in [2.75, 3.05) is 5.32 Å². The molecule has 18 heavy (non-hydrogen) atoms. The molecule has 0 fully saturated rings. The lowest BCUT2D eigenvalue weighted by Crippen LogP contribution is -2.20. The third kappa shape index (κ3) is 4.05. The number of thiocarbonyl (C=S) groups is 1. The van der Waals surface area contributed by atoms with Gasteiger partial charge in [-0.1, -0.05) is 0 Å². The highest BCUT2D eigenvalue weighted by Crippen LogP contribution is 2.31. The normalized spacial score (nSPS) is 10.8. The first-order valence-electron chi connectivity index (χ1n) is 4.29. The van der Waals surface area contributed by atoms with E-state index in [1.54, 1.807) is 0 Å². The molecule has 6 nitrogen and oxygen atoms in total. The molecule has 3 N–H and O–H groups in total. The summed E-state index contributed by atoms with van der Waals surface area (Å²) in [6.07, 6.45) is -4.92. The molecule has 0 aliphatic heterocycles. The molecule has 0 unspecified atom stereocenters. The zero-order valence-corrected chi connectivity index (χ0v) is 9.34. The second kappa shape index (κ2) is 5.04. The first kappa shape index (κ1) is 14.0. The standard InChI is InChI=1S/C8H6F3N3O3S/c9-8(10,11)17-4-1-2-5(13-7(12)18)6(3-4)14(15)16/h1-3H,(H3,12,13,18). The van der Waals surface area contributed by atoms with E-state index >= 15 is 0 Å². The molecule has 0 bridgehead atoms. The van der Waals surface area contributed by atoms with Crippen LogP contribution >= 0.6 is 12.2 Å². The second-order valence-electron chi connectivity index (χ2n) is 2.97. The molecule has 0 aromatic heterocycles. The molecule has 0 heterocycles. The highest BCUT2D eigenvalue weighted by atomic mass is 32.1. The zero-order chi connectivity index (χ0) is 13.9. The average molecular weight is 281 g/mol. The predicted molar refractivity (Wildman–Crippen MR) is 60.2 cm³/mol. The second-order valence-corrected chi connectivity index (χ2v) is 3.41. The van der Waals surface area contributed by atoms with Gasteiger partial charge in [-0.15, -0.1) is 13.2 Å². The molecule has 98 valence electrons. The molecule has 0 saturated carbocycles. The average Bonchev–Trinajstić information content (AvgIpc) is 2.17. The Morgan fingerprint density at radius 2 is 2.11 bits per heavy atom. The van der Waals surface area contributed by atoms with Crippen LogP contribution in [0, 0.1) is 10.1 Å². The van der Waals surface area contributed by atoms with Gasteiger partial charge in [-0.3, -0.25) is 10.1 Å². The minimum atomic E-state index is -4.92. The Bertz CT molecular complexity index is 492. The third-order valence-corrected chi connectivity index (χ3v) is 1.76. The van der Waals surface area contributed by atoms with E-state index in [1.165, 1.54) is 0 Å². The zero-order valence-electron chi connectivity index (χ0n) is 8.52.